The molecule has 1 saturated carbocycles. The summed E-state index contributed by atoms with van der Waals surface area (Å²) >= 11 is 12.7. The first-order valence-electron chi connectivity index (χ1n) is 7.92. The molecule has 0 spiro atoms. The Bertz CT molecular complexity index is 473. The fourth-order valence-corrected chi connectivity index (χ4v) is 3.76. The minimum Gasteiger partial charge on any atom is -0.313 e. The van der Waals surface area contributed by atoms with Crippen LogP contribution in [0, 0.1) is 6.92 Å². The third-order valence-corrected chi connectivity index (χ3v) is 5.09. The van der Waals surface area contributed by atoms with Crippen LogP contribution in [-0.2, 0) is 6.54 Å². The third-order valence-electron chi connectivity index (χ3n) is 4.44. The highest BCUT2D eigenvalue weighted by atomic mass is 35.5. The summed E-state index contributed by atoms with van der Waals surface area (Å²) in [5.74, 6) is 0. The van der Waals surface area contributed by atoms with Crippen molar-refractivity contribution in [3.63, 3.8) is 0 Å². The quantitative estimate of drug-likeness (QED) is 0.833. The maximum Gasteiger partial charge on any atom is 0.135 e. The lowest BCUT2D eigenvalue weighted by Gasteiger charge is -2.31. The molecule has 5 heteroatoms. The largest absolute Gasteiger partial charge is 0.313 e. The number of hydrogen-bond acceptors (Lipinski definition) is 3. The molecule has 3 nitrogen and oxygen atoms in total. The van der Waals surface area contributed by atoms with Gasteiger partial charge < -0.3 is 5.32 Å². The van der Waals surface area contributed by atoms with Gasteiger partial charge in [-0.1, -0.05) is 29.6 Å². The smallest absolute Gasteiger partial charge is 0.135 e. The summed E-state index contributed by atoms with van der Waals surface area (Å²) in [6.07, 6.45) is 6.50. The van der Waals surface area contributed by atoms with Gasteiger partial charge in [0.05, 0.1) is 0 Å². The van der Waals surface area contributed by atoms with E-state index in [9.17, 15) is 0 Å². The van der Waals surface area contributed by atoms with Crippen molar-refractivity contribution in [3.05, 3.63) is 27.5 Å². The van der Waals surface area contributed by atoms with Crippen molar-refractivity contribution in [2.45, 2.75) is 57.7 Å². The molecular weight excluding hydrogens is 305 g/mol. The fourth-order valence-electron chi connectivity index (χ4n) is 3.11. The summed E-state index contributed by atoms with van der Waals surface area (Å²) in [4.78, 5) is 6.89. The Kier molecular flexibility index (Phi) is 5.05. The molecule has 116 valence electrons. The van der Waals surface area contributed by atoms with Gasteiger partial charge in [-0.05, 0) is 45.2 Å². The Hall–Kier alpha value is -0.350. The predicted molar refractivity (Wildman–Crippen MR) is 88.1 cm³/mol. The molecule has 1 aromatic heterocycles. The van der Waals surface area contributed by atoms with Crippen molar-refractivity contribution in [1.29, 1.82) is 0 Å². The second kappa shape index (κ2) is 6.82. The second-order valence-electron chi connectivity index (χ2n) is 6.32. The highest BCUT2D eigenvalue weighted by molar-refractivity contribution is 6.35. The van der Waals surface area contributed by atoms with Crippen molar-refractivity contribution in [1.82, 2.24) is 15.2 Å². The fraction of sp³-hybridized carbons (Fsp3) is 0.688. The van der Waals surface area contributed by atoms with E-state index < -0.39 is 0 Å². The SMILES string of the molecule is Cc1cc(Cl)c(CN(CC2CCCCN2)C2CC2)c(Cl)n1. The molecule has 2 heterocycles. The van der Waals surface area contributed by atoms with Gasteiger partial charge in [0, 0.05) is 41.5 Å². The number of aromatic nitrogens is 1. The number of nitrogens with one attached hydrogen (secondary N) is 1. The first kappa shape index (κ1) is 15.5. The molecule has 0 aromatic carbocycles. The van der Waals surface area contributed by atoms with Crippen LogP contribution in [0.25, 0.3) is 0 Å². The van der Waals surface area contributed by atoms with Crippen molar-refractivity contribution in [2.75, 3.05) is 13.1 Å². The van der Waals surface area contributed by atoms with E-state index in [4.69, 9.17) is 23.2 Å². The van der Waals surface area contributed by atoms with Gasteiger partial charge in [-0.15, -0.1) is 0 Å². The van der Waals surface area contributed by atoms with Crippen LogP contribution in [0.2, 0.25) is 10.2 Å². The molecule has 1 N–H and O–H groups in total. The van der Waals surface area contributed by atoms with Crippen LogP contribution in [0.3, 0.4) is 0 Å². The molecular formula is C16H23Cl2N3. The number of rotatable bonds is 5. The molecule has 1 aliphatic heterocycles. The molecule has 1 saturated heterocycles. The topological polar surface area (TPSA) is 28.2 Å². The molecule has 1 atom stereocenters. The number of pyridine rings is 1. The molecule has 21 heavy (non-hydrogen) atoms. The van der Waals surface area contributed by atoms with Crippen LogP contribution in [0.15, 0.2) is 6.07 Å². The number of hydrogen-bond donors (Lipinski definition) is 1. The molecule has 2 aliphatic rings. The lowest BCUT2D eigenvalue weighted by molar-refractivity contribution is 0.208. The van der Waals surface area contributed by atoms with Crippen molar-refractivity contribution < 1.29 is 0 Å². The first-order valence-corrected chi connectivity index (χ1v) is 8.68. The average Bonchev–Trinajstić information content (AvgIpc) is 3.27. The van der Waals surface area contributed by atoms with Crippen LogP contribution in [0.1, 0.15) is 43.4 Å². The summed E-state index contributed by atoms with van der Waals surface area (Å²) in [7, 11) is 0. The van der Waals surface area contributed by atoms with E-state index in [2.05, 4.69) is 15.2 Å². The van der Waals surface area contributed by atoms with Gasteiger partial charge in [0.25, 0.3) is 0 Å². The highest BCUT2D eigenvalue weighted by Gasteiger charge is 2.31. The van der Waals surface area contributed by atoms with Gasteiger partial charge >= 0.3 is 0 Å². The number of piperidine rings is 1. The Morgan fingerprint density at radius 3 is 2.71 bits per heavy atom. The molecule has 3 rings (SSSR count). The van der Waals surface area contributed by atoms with Crippen LogP contribution in [0.5, 0.6) is 0 Å². The Morgan fingerprint density at radius 1 is 1.29 bits per heavy atom. The van der Waals surface area contributed by atoms with Gasteiger partial charge in [-0.3, -0.25) is 4.90 Å². The second-order valence-corrected chi connectivity index (χ2v) is 7.09. The first-order chi connectivity index (χ1) is 10.1. The lowest BCUT2D eigenvalue weighted by atomic mass is 10.0. The molecule has 1 aliphatic carbocycles. The molecule has 2 fully saturated rings. The van der Waals surface area contributed by atoms with Gasteiger partial charge in [0.15, 0.2) is 0 Å². The standard InChI is InChI=1S/C16H23Cl2N3/c1-11-8-15(17)14(16(18)20-11)10-21(13-5-6-13)9-12-4-2-3-7-19-12/h8,12-13,19H,2-7,9-10H2,1H3. The summed E-state index contributed by atoms with van der Waals surface area (Å²) in [6.45, 7) is 4.97. The highest BCUT2D eigenvalue weighted by Crippen LogP contribution is 2.32. The minimum atomic E-state index is 0.558. The van der Waals surface area contributed by atoms with E-state index in [1.54, 1.807) is 0 Å². The maximum absolute atomic E-state index is 6.38. The van der Waals surface area contributed by atoms with Crippen LogP contribution in [0.4, 0.5) is 0 Å². The van der Waals surface area contributed by atoms with E-state index in [-0.39, 0.29) is 0 Å². The van der Waals surface area contributed by atoms with Crippen molar-refractivity contribution in [3.8, 4) is 0 Å². The zero-order valence-corrected chi connectivity index (χ0v) is 14.1. The summed E-state index contributed by atoms with van der Waals surface area (Å²) < 4.78 is 0. The minimum absolute atomic E-state index is 0.558. The molecule has 0 bridgehead atoms. The Labute approximate surface area is 137 Å². The van der Waals surface area contributed by atoms with E-state index in [0.29, 0.717) is 17.2 Å². The summed E-state index contributed by atoms with van der Waals surface area (Å²) in [6, 6.07) is 3.21. The molecule has 0 amide bonds. The average molecular weight is 328 g/mol. The molecule has 1 unspecified atom stereocenters. The van der Waals surface area contributed by atoms with Gasteiger partial charge in [0.1, 0.15) is 5.15 Å². The van der Waals surface area contributed by atoms with E-state index >= 15 is 0 Å². The Balaban J connectivity index is 1.70. The van der Waals surface area contributed by atoms with E-state index in [1.165, 1.54) is 32.1 Å². The zero-order chi connectivity index (χ0) is 14.8. The number of aryl methyl sites for hydroxylation is 1. The Morgan fingerprint density at radius 2 is 2.10 bits per heavy atom. The lowest BCUT2D eigenvalue weighted by Crippen LogP contribution is -2.44. The van der Waals surface area contributed by atoms with Gasteiger partial charge in [-0.2, -0.15) is 0 Å². The normalized spacial score (nSPS) is 22.8. The monoisotopic (exact) mass is 327 g/mol. The summed E-state index contributed by atoms with van der Waals surface area (Å²) in [5.41, 5.74) is 1.85. The van der Waals surface area contributed by atoms with Crippen LogP contribution >= 0.6 is 23.2 Å². The van der Waals surface area contributed by atoms with Crippen LogP contribution in [-0.4, -0.2) is 35.1 Å². The van der Waals surface area contributed by atoms with E-state index in [1.807, 2.05) is 13.0 Å². The van der Waals surface area contributed by atoms with Gasteiger partial charge in [0.2, 0.25) is 0 Å². The number of nitrogens with zero attached hydrogens (tertiary/aromatic N) is 2. The van der Waals surface area contributed by atoms with Crippen molar-refractivity contribution in [2.24, 2.45) is 0 Å². The predicted octanol–water partition coefficient (Wildman–Crippen LogP) is 3.80. The van der Waals surface area contributed by atoms with Gasteiger partial charge in [-0.25, -0.2) is 4.98 Å². The summed E-state index contributed by atoms with van der Waals surface area (Å²) in [5, 5.41) is 4.94. The number of halogens is 2. The molecule has 0 radical (unpaired) electrons. The van der Waals surface area contributed by atoms with Crippen molar-refractivity contribution >= 4 is 23.2 Å². The molecule has 1 aromatic rings. The zero-order valence-electron chi connectivity index (χ0n) is 12.5. The van der Waals surface area contributed by atoms with E-state index in [0.717, 1.165) is 35.9 Å². The third kappa shape index (κ3) is 4.10. The maximum atomic E-state index is 6.38. The van der Waals surface area contributed by atoms with Crippen LogP contribution < -0.4 is 5.32 Å².